The molecular weight excluding hydrogens is 294 g/mol. The number of nitrogens with one attached hydrogen (secondary N) is 1. The van der Waals surface area contributed by atoms with Crippen LogP contribution in [0.5, 0.6) is 0 Å². The lowest BCUT2D eigenvalue weighted by Gasteiger charge is -2.02. The van der Waals surface area contributed by atoms with Gasteiger partial charge in [-0.15, -0.1) is 16.4 Å². The van der Waals surface area contributed by atoms with Gasteiger partial charge < -0.3 is 5.32 Å². The quantitative estimate of drug-likeness (QED) is 0.804. The number of fused-ring (bicyclic) bond motifs is 3. The number of hydrogen-bond acceptors (Lipinski definition) is 5. The Morgan fingerprint density at radius 3 is 2.95 bits per heavy atom. The Kier molecular flexibility index (Phi) is 3.00. The van der Waals surface area contributed by atoms with Gasteiger partial charge in [-0.3, -0.25) is 4.68 Å². The normalized spacial score (nSPS) is 14.2. The average Bonchev–Trinajstić information content (AvgIpc) is 3.19. The van der Waals surface area contributed by atoms with Crippen molar-refractivity contribution < 1.29 is 0 Å². The summed E-state index contributed by atoms with van der Waals surface area (Å²) in [4.78, 5) is 0.981. The van der Waals surface area contributed by atoms with Gasteiger partial charge in [0.1, 0.15) is 4.83 Å². The van der Waals surface area contributed by atoms with Crippen molar-refractivity contribution in [3.8, 4) is 0 Å². The molecule has 1 aliphatic carbocycles. The van der Waals surface area contributed by atoms with Crippen molar-refractivity contribution in [2.75, 3.05) is 11.9 Å². The first-order chi connectivity index (χ1) is 10.6. The molecule has 3 aromatic rings. The fourth-order valence-corrected chi connectivity index (χ4v) is 4.02. The summed E-state index contributed by atoms with van der Waals surface area (Å²) in [5.41, 5.74) is 4.62. The summed E-state index contributed by atoms with van der Waals surface area (Å²) < 4.78 is 3.10. The zero-order valence-electron chi connectivity index (χ0n) is 12.8. The number of aromatic nitrogens is 4. The standard InChI is InChI=1S/C16H17N5S/c1-9-10(2)18-19-16-12(9)13-14(22-16)15(20-21(13)3)17-8-11-6-4-5-7-11/h4,6-7H,5,8H2,1-3H3,(H,17,20). The van der Waals surface area contributed by atoms with E-state index in [4.69, 9.17) is 0 Å². The van der Waals surface area contributed by atoms with E-state index in [2.05, 4.69) is 45.8 Å². The van der Waals surface area contributed by atoms with Crippen molar-refractivity contribution in [2.24, 2.45) is 7.05 Å². The van der Waals surface area contributed by atoms with Crippen LogP contribution in [-0.4, -0.2) is 26.5 Å². The number of aryl methyl sites for hydroxylation is 3. The van der Waals surface area contributed by atoms with E-state index in [9.17, 15) is 0 Å². The van der Waals surface area contributed by atoms with Crippen LogP contribution in [0.2, 0.25) is 0 Å². The molecule has 0 unspecified atom stereocenters. The first-order valence-electron chi connectivity index (χ1n) is 7.33. The van der Waals surface area contributed by atoms with E-state index in [0.29, 0.717) is 0 Å². The number of allylic oxidation sites excluding steroid dienone is 2. The molecule has 1 N–H and O–H groups in total. The highest BCUT2D eigenvalue weighted by molar-refractivity contribution is 7.26. The van der Waals surface area contributed by atoms with Gasteiger partial charge in [-0.1, -0.05) is 18.2 Å². The molecule has 22 heavy (non-hydrogen) atoms. The molecule has 0 radical (unpaired) electrons. The zero-order chi connectivity index (χ0) is 15.3. The lowest BCUT2D eigenvalue weighted by molar-refractivity contribution is 0.800. The topological polar surface area (TPSA) is 55.6 Å². The SMILES string of the molecule is Cc1nnc2sc3c(NCC4=CCC=C4)nn(C)c3c2c1C. The van der Waals surface area contributed by atoms with E-state index in [1.807, 2.05) is 18.7 Å². The van der Waals surface area contributed by atoms with Crippen LogP contribution >= 0.6 is 11.3 Å². The molecule has 0 atom stereocenters. The fraction of sp³-hybridized carbons (Fsp3) is 0.312. The van der Waals surface area contributed by atoms with Gasteiger partial charge in [0.05, 0.1) is 15.9 Å². The third kappa shape index (κ3) is 1.94. The van der Waals surface area contributed by atoms with Crippen LogP contribution in [0.25, 0.3) is 20.4 Å². The number of thiophene rings is 1. The molecule has 0 aromatic carbocycles. The molecule has 0 fully saturated rings. The second kappa shape index (κ2) is 4.91. The lowest BCUT2D eigenvalue weighted by atomic mass is 10.1. The van der Waals surface area contributed by atoms with E-state index in [0.717, 1.165) is 39.5 Å². The third-order valence-electron chi connectivity index (χ3n) is 4.17. The smallest absolute Gasteiger partial charge is 0.166 e. The highest BCUT2D eigenvalue weighted by Crippen LogP contribution is 2.38. The molecule has 5 nitrogen and oxygen atoms in total. The van der Waals surface area contributed by atoms with Crippen molar-refractivity contribution in [3.05, 3.63) is 35.1 Å². The predicted molar refractivity (Wildman–Crippen MR) is 91.5 cm³/mol. The van der Waals surface area contributed by atoms with Crippen molar-refractivity contribution in [2.45, 2.75) is 20.3 Å². The molecular formula is C16H17N5S. The Bertz CT molecular complexity index is 945. The molecule has 6 heteroatoms. The predicted octanol–water partition coefficient (Wildman–Crippen LogP) is 3.49. The molecule has 3 aromatic heterocycles. The molecule has 0 saturated carbocycles. The van der Waals surface area contributed by atoms with Crippen molar-refractivity contribution >= 4 is 37.6 Å². The number of nitrogens with zero attached hydrogens (tertiary/aromatic N) is 4. The van der Waals surface area contributed by atoms with Gasteiger partial charge in [-0.25, -0.2) is 0 Å². The molecule has 3 heterocycles. The van der Waals surface area contributed by atoms with Gasteiger partial charge >= 0.3 is 0 Å². The van der Waals surface area contributed by atoms with Crippen LogP contribution in [0.15, 0.2) is 23.8 Å². The first-order valence-corrected chi connectivity index (χ1v) is 8.15. The van der Waals surface area contributed by atoms with Crippen LogP contribution in [0.1, 0.15) is 17.7 Å². The largest absolute Gasteiger partial charge is 0.363 e. The van der Waals surface area contributed by atoms with Gasteiger partial charge in [0, 0.05) is 19.0 Å². The molecule has 0 saturated heterocycles. The molecule has 0 amide bonds. The summed E-state index contributed by atoms with van der Waals surface area (Å²) in [7, 11) is 1.99. The van der Waals surface area contributed by atoms with Crippen LogP contribution in [-0.2, 0) is 7.05 Å². The van der Waals surface area contributed by atoms with E-state index in [1.54, 1.807) is 11.3 Å². The zero-order valence-corrected chi connectivity index (χ0v) is 13.7. The van der Waals surface area contributed by atoms with Crippen LogP contribution in [0, 0.1) is 13.8 Å². The highest BCUT2D eigenvalue weighted by atomic mass is 32.1. The van der Waals surface area contributed by atoms with E-state index < -0.39 is 0 Å². The Morgan fingerprint density at radius 1 is 1.32 bits per heavy atom. The monoisotopic (exact) mass is 311 g/mol. The maximum absolute atomic E-state index is 4.65. The number of anilines is 1. The molecule has 0 spiro atoms. The summed E-state index contributed by atoms with van der Waals surface area (Å²) in [6.07, 6.45) is 7.60. The Morgan fingerprint density at radius 2 is 2.18 bits per heavy atom. The van der Waals surface area contributed by atoms with Crippen LogP contribution < -0.4 is 5.32 Å². The van der Waals surface area contributed by atoms with Gasteiger partial charge in [0.2, 0.25) is 0 Å². The summed E-state index contributed by atoms with van der Waals surface area (Å²) in [6.45, 7) is 4.91. The van der Waals surface area contributed by atoms with E-state index in [-0.39, 0.29) is 0 Å². The van der Waals surface area contributed by atoms with Gasteiger partial charge in [0.15, 0.2) is 5.82 Å². The minimum absolute atomic E-state index is 0.806. The fourth-order valence-electron chi connectivity index (χ4n) is 2.85. The lowest BCUT2D eigenvalue weighted by Crippen LogP contribution is -2.04. The van der Waals surface area contributed by atoms with Crippen molar-refractivity contribution in [1.82, 2.24) is 20.0 Å². The Labute approximate surface area is 132 Å². The maximum Gasteiger partial charge on any atom is 0.166 e. The van der Waals surface area contributed by atoms with Crippen LogP contribution in [0.3, 0.4) is 0 Å². The van der Waals surface area contributed by atoms with Gasteiger partial charge in [-0.2, -0.15) is 10.2 Å². The number of rotatable bonds is 3. The maximum atomic E-state index is 4.65. The average molecular weight is 311 g/mol. The molecule has 4 rings (SSSR count). The summed E-state index contributed by atoms with van der Waals surface area (Å²) in [5, 5.41) is 17.9. The van der Waals surface area contributed by atoms with Gasteiger partial charge in [-0.05, 0) is 31.4 Å². The van der Waals surface area contributed by atoms with E-state index >= 15 is 0 Å². The highest BCUT2D eigenvalue weighted by Gasteiger charge is 2.18. The van der Waals surface area contributed by atoms with E-state index in [1.165, 1.54) is 16.5 Å². The molecule has 1 aliphatic rings. The number of hydrogen-bond donors (Lipinski definition) is 1. The van der Waals surface area contributed by atoms with Gasteiger partial charge in [0.25, 0.3) is 0 Å². The second-order valence-electron chi connectivity index (χ2n) is 5.61. The Hall–Kier alpha value is -2.21. The molecule has 0 aliphatic heterocycles. The first kappa shape index (κ1) is 13.5. The summed E-state index contributed by atoms with van der Waals surface area (Å²) >= 11 is 1.66. The molecule has 112 valence electrons. The van der Waals surface area contributed by atoms with Crippen molar-refractivity contribution in [3.63, 3.8) is 0 Å². The second-order valence-corrected chi connectivity index (χ2v) is 6.61. The summed E-state index contributed by atoms with van der Waals surface area (Å²) in [5.74, 6) is 0.929. The van der Waals surface area contributed by atoms with Crippen LogP contribution in [0.4, 0.5) is 5.82 Å². The summed E-state index contributed by atoms with van der Waals surface area (Å²) in [6, 6.07) is 0. The van der Waals surface area contributed by atoms with Crippen molar-refractivity contribution in [1.29, 1.82) is 0 Å². The molecule has 0 bridgehead atoms. The Balaban J connectivity index is 1.83. The third-order valence-corrected chi connectivity index (χ3v) is 5.24. The minimum Gasteiger partial charge on any atom is -0.363 e. The minimum atomic E-state index is 0.806.